The van der Waals surface area contributed by atoms with Gasteiger partial charge in [0.05, 0.1) is 19.1 Å². The predicted octanol–water partition coefficient (Wildman–Crippen LogP) is 3.30. The molecule has 1 amide bonds. The molecule has 5 heteroatoms. The van der Waals surface area contributed by atoms with E-state index in [9.17, 15) is 14.7 Å². The van der Waals surface area contributed by atoms with Gasteiger partial charge in [-0.25, -0.2) is 0 Å². The number of aryl methyl sites for hydroxylation is 2. The lowest BCUT2D eigenvalue weighted by Crippen LogP contribution is -2.45. The smallest absolute Gasteiger partial charge is 0.306 e. The van der Waals surface area contributed by atoms with Gasteiger partial charge in [0.25, 0.3) is 5.91 Å². The Morgan fingerprint density at radius 1 is 1.15 bits per heavy atom. The molecular formula is C21H23NO4. The van der Waals surface area contributed by atoms with Gasteiger partial charge in [0.15, 0.2) is 0 Å². The van der Waals surface area contributed by atoms with Crippen LogP contribution in [0.4, 0.5) is 0 Å². The highest BCUT2D eigenvalue weighted by molar-refractivity contribution is 5.95. The third-order valence-electron chi connectivity index (χ3n) is 4.96. The van der Waals surface area contributed by atoms with Gasteiger partial charge >= 0.3 is 5.97 Å². The molecule has 0 aliphatic heterocycles. The number of methoxy groups -OCH3 is 1. The summed E-state index contributed by atoms with van der Waals surface area (Å²) >= 11 is 0. The molecule has 0 bridgehead atoms. The molecule has 0 fully saturated rings. The van der Waals surface area contributed by atoms with Gasteiger partial charge in [0.1, 0.15) is 5.75 Å². The number of ether oxygens (including phenoxy) is 1. The summed E-state index contributed by atoms with van der Waals surface area (Å²) in [6.07, 6.45) is 2.92. The van der Waals surface area contributed by atoms with Crippen LogP contribution < -0.4 is 10.1 Å². The van der Waals surface area contributed by atoms with Crippen molar-refractivity contribution in [3.05, 3.63) is 64.7 Å². The molecule has 0 saturated heterocycles. The third kappa shape index (κ3) is 3.72. The van der Waals surface area contributed by atoms with Gasteiger partial charge in [0.2, 0.25) is 0 Å². The summed E-state index contributed by atoms with van der Waals surface area (Å²) in [5.41, 5.74) is 2.71. The van der Waals surface area contributed by atoms with E-state index in [1.807, 2.05) is 18.2 Å². The highest BCUT2D eigenvalue weighted by Gasteiger charge is 2.32. The SMILES string of the molecule is COc1cccc(C(C)(CC(=O)O)NC(=O)c2ccc3c(c2)CCC3)c1. The van der Waals surface area contributed by atoms with Crippen molar-refractivity contribution in [1.29, 1.82) is 0 Å². The van der Waals surface area contributed by atoms with Crippen molar-refractivity contribution in [2.45, 2.75) is 38.1 Å². The number of nitrogens with one attached hydrogen (secondary N) is 1. The van der Waals surface area contributed by atoms with Crippen LogP contribution in [0.25, 0.3) is 0 Å². The van der Waals surface area contributed by atoms with E-state index in [1.54, 1.807) is 38.3 Å². The van der Waals surface area contributed by atoms with Gasteiger partial charge in [-0.2, -0.15) is 0 Å². The topological polar surface area (TPSA) is 75.6 Å². The zero-order chi connectivity index (χ0) is 18.7. The van der Waals surface area contributed by atoms with Crippen LogP contribution >= 0.6 is 0 Å². The van der Waals surface area contributed by atoms with Crippen LogP contribution in [-0.2, 0) is 23.2 Å². The molecule has 3 rings (SSSR count). The van der Waals surface area contributed by atoms with E-state index in [0.29, 0.717) is 16.9 Å². The molecular weight excluding hydrogens is 330 g/mol. The van der Waals surface area contributed by atoms with E-state index in [-0.39, 0.29) is 12.3 Å². The number of carbonyl (C=O) groups excluding carboxylic acids is 1. The van der Waals surface area contributed by atoms with E-state index in [2.05, 4.69) is 5.32 Å². The van der Waals surface area contributed by atoms with Crippen molar-refractivity contribution in [2.24, 2.45) is 0 Å². The van der Waals surface area contributed by atoms with Crippen LogP contribution in [0.1, 0.15) is 46.8 Å². The molecule has 0 heterocycles. The van der Waals surface area contributed by atoms with Crippen molar-refractivity contribution in [3.8, 4) is 5.75 Å². The Hall–Kier alpha value is -2.82. The van der Waals surface area contributed by atoms with E-state index in [0.717, 1.165) is 19.3 Å². The van der Waals surface area contributed by atoms with Gasteiger partial charge in [0, 0.05) is 5.56 Å². The van der Waals surface area contributed by atoms with Crippen molar-refractivity contribution < 1.29 is 19.4 Å². The molecule has 2 aromatic carbocycles. The second-order valence-electron chi connectivity index (χ2n) is 6.93. The van der Waals surface area contributed by atoms with Crippen LogP contribution in [0.5, 0.6) is 5.75 Å². The predicted molar refractivity (Wildman–Crippen MR) is 98.5 cm³/mol. The zero-order valence-electron chi connectivity index (χ0n) is 15.0. The lowest BCUT2D eigenvalue weighted by molar-refractivity contribution is -0.138. The van der Waals surface area contributed by atoms with Crippen LogP contribution in [0.3, 0.4) is 0 Å². The molecule has 0 aromatic heterocycles. The molecule has 136 valence electrons. The molecule has 1 aliphatic carbocycles. The van der Waals surface area contributed by atoms with Gasteiger partial charge < -0.3 is 15.2 Å². The normalized spacial score (nSPS) is 15.0. The fraction of sp³-hybridized carbons (Fsp3) is 0.333. The first-order valence-corrected chi connectivity index (χ1v) is 8.72. The number of aliphatic carboxylic acids is 1. The largest absolute Gasteiger partial charge is 0.497 e. The Labute approximate surface area is 153 Å². The molecule has 1 unspecified atom stereocenters. The standard InChI is InChI=1S/C21H23NO4/c1-21(13-19(23)24,17-7-4-8-18(12-17)26-2)22-20(25)16-10-9-14-5-3-6-15(14)11-16/h4,7-12H,3,5-6,13H2,1-2H3,(H,22,25)(H,23,24). The quantitative estimate of drug-likeness (QED) is 0.835. The number of benzene rings is 2. The van der Waals surface area contributed by atoms with Gasteiger partial charge in [-0.3, -0.25) is 9.59 Å². The Balaban J connectivity index is 1.90. The number of carboxylic acid groups (broad SMARTS) is 1. The van der Waals surface area contributed by atoms with Crippen LogP contribution in [0, 0.1) is 0 Å². The van der Waals surface area contributed by atoms with Crippen molar-refractivity contribution in [1.82, 2.24) is 5.32 Å². The Kier molecular flexibility index (Phi) is 4.98. The van der Waals surface area contributed by atoms with E-state index in [1.165, 1.54) is 11.1 Å². The minimum absolute atomic E-state index is 0.225. The Morgan fingerprint density at radius 3 is 2.65 bits per heavy atom. The molecule has 0 radical (unpaired) electrons. The first-order valence-electron chi connectivity index (χ1n) is 8.72. The van der Waals surface area contributed by atoms with Gasteiger partial charge in [-0.1, -0.05) is 18.2 Å². The number of amides is 1. The first-order chi connectivity index (χ1) is 12.4. The lowest BCUT2D eigenvalue weighted by Gasteiger charge is -2.30. The molecule has 1 atom stereocenters. The van der Waals surface area contributed by atoms with Crippen molar-refractivity contribution in [2.75, 3.05) is 7.11 Å². The zero-order valence-corrected chi connectivity index (χ0v) is 15.0. The number of fused-ring (bicyclic) bond motifs is 1. The van der Waals surface area contributed by atoms with Crippen molar-refractivity contribution >= 4 is 11.9 Å². The first kappa shape index (κ1) is 18.0. The monoisotopic (exact) mass is 353 g/mol. The summed E-state index contributed by atoms with van der Waals surface area (Å²) in [6.45, 7) is 1.72. The molecule has 5 nitrogen and oxygen atoms in total. The molecule has 2 aromatic rings. The van der Waals surface area contributed by atoms with E-state index >= 15 is 0 Å². The minimum Gasteiger partial charge on any atom is -0.497 e. The summed E-state index contributed by atoms with van der Waals surface area (Å²) in [4.78, 5) is 24.3. The number of hydrogen-bond acceptors (Lipinski definition) is 3. The maximum atomic E-state index is 12.8. The fourth-order valence-electron chi connectivity index (χ4n) is 3.52. The molecule has 0 spiro atoms. The Morgan fingerprint density at radius 2 is 1.92 bits per heavy atom. The second kappa shape index (κ2) is 7.20. The number of carbonyl (C=O) groups is 2. The lowest BCUT2D eigenvalue weighted by atomic mass is 9.88. The number of carboxylic acids is 1. The average Bonchev–Trinajstić information content (AvgIpc) is 3.08. The summed E-state index contributed by atoms with van der Waals surface area (Å²) in [6, 6.07) is 12.9. The summed E-state index contributed by atoms with van der Waals surface area (Å²) in [7, 11) is 1.55. The number of rotatable bonds is 6. The number of hydrogen-bond donors (Lipinski definition) is 2. The average molecular weight is 353 g/mol. The maximum Gasteiger partial charge on any atom is 0.306 e. The van der Waals surface area contributed by atoms with Crippen LogP contribution in [0.2, 0.25) is 0 Å². The van der Waals surface area contributed by atoms with Crippen molar-refractivity contribution in [3.63, 3.8) is 0 Å². The molecule has 0 saturated carbocycles. The summed E-state index contributed by atoms with van der Waals surface area (Å²) < 4.78 is 5.23. The van der Waals surface area contributed by atoms with E-state index in [4.69, 9.17) is 4.74 Å². The molecule has 1 aliphatic rings. The minimum atomic E-state index is -1.05. The third-order valence-corrected chi connectivity index (χ3v) is 4.96. The highest BCUT2D eigenvalue weighted by atomic mass is 16.5. The van der Waals surface area contributed by atoms with E-state index < -0.39 is 11.5 Å². The maximum absolute atomic E-state index is 12.8. The van der Waals surface area contributed by atoms with Crippen LogP contribution in [-0.4, -0.2) is 24.1 Å². The highest BCUT2D eigenvalue weighted by Crippen LogP contribution is 2.29. The molecule has 26 heavy (non-hydrogen) atoms. The Bertz CT molecular complexity index is 846. The summed E-state index contributed by atoms with van der Waals surface area (Å²) in [5.74, 6) is -0.637. The summed E-state index contributed by atoms with van der Waals surface area (Å²) in [5, 5.41) is 12.3. The second-order valence-corrected chi connectivity index (χ2v) is 6.93. The molecule has 2 N–H and O–H groups in total. The van der Waals surface area contributed by atoms with Gasteiger partial charge in [-0.15, -0.1) is 0 Å². The van der Waals surface area contributed by atoms with Crippen LogP contribution in [0.15, 0.2) is 42.5 Å². The fourth-order valence-corrected chi connectivity index (χ4v) is 3.52. The van der Waals surface area contributed by atoms with Gasteiger partial charge in [-0.05, 0) is 67.1 Å².